The van der Waals surface area contributed by atoms with Gasteiger partial charge in [0.1, 0.15) is 0 Å². The van der Waals surface area contributed by atoms with Crippen molar-refractivity contribution in [3.63, 3.8) is 0 Å². The van der Waals surface area contributed by atoms with Gasteiger partial charge in [-0.3, -0.25) is 9.79 Å². The second kappa shape index (κ2) is 6.98. The van der Waals surface area contributed by atoms with Crippen molar-refractivity contribution in [1.82, 2.24) is 10.3 Å². The summed E-state index contributed by atoms with van der Waals surface area (Å²) in [5.41, 5.74) is 3.15. The Morgan fingerprint density at radius 1 is 1.12 bits per heavy atom. The molecule has 1 N–H and O–H groups in total. The first-order valence-electron chi connectivity index (χ1n) is 7.85. The third kappa shape index (κ3) is 3.45. The van der Waals surface area contributed by atoms with Crippen LogP contribution in [-0.2, 0) is 0 Å². The summed E-state index contributed by atoms with van der Waals surface area (Å²) >= 11 is 5.01. The highest BCUT2D eigenvalue weighted by Crippen LogP contribution is 2.26. The van der Waals surface area contributed by atoms with Crippen LogP contribution < -0.4 is 5.32 Å². The summed E-state index contributed by atoms with van der Waals surface area (Å²) in [5, 5.41) is 4.44. The average Bonchev–Trinajstić information content (AvgIpc) is 3.14. The largest absolute Gasteiger partial charge is 0.301 e. The molecule has 0 atom stereocenters. The molecule has 1 aromatic heterocycles. The Morgan fingerprint density at radius 3 is 2.68 bits per heavy atom. The maximum atomic E-state index is 12.8. The Kier molecular flexibility index (Phi) is 4.55. The van der Waals surface area contributed by atoms with Crippen molar-refractivity contribution in [3.8, 4) is 11.3 Å². The lowest BCUT2D eigenvalue weighted by molar-refractivity contribution is 0.0979. The molecule has 1 aliphatic rings. The molecule has 1 amide bonds. The van der Waals surface area contributed by atoms with Gasteiger partial charge in [-0.25, -0.2) is 4.98 Å². The molecular weight excluding hydrogens is 398 g/mol. The number of aromatic nitrogens is 1. The molecule has 0 fully saturated rings. The molecule has 2 heterocycles. The molecule has 4 nitrogen and oxygen atoms in total. The number of nitrogens with zero attached hydrogens (tertiary/aromatic N) is 2. The van der Waals surface area contributed by atoms with E-state index in [1.165, 1.54) is 0 Å². The Morgan fingerprint density at radius 2 is 1.92 bits per heavy atom. The summed E-state index contributed by atoms with van der Waals surface area (Å²) in [6.45, 7) is 0.752. The van der Waals surface area contributed by atoms with Crippen molar-refractivity contribution < 1.29 is 4.79 Å². The van der Waals surface area contributed by atoms with Crippen molar-refractivity contribution in [2.24, 2.45) is 4.99 Å². The lowest BCUT2D eigenvalue weighted by atomic mass is 10.0. The quantitative estimate of drug-likeness (QED) is 0.675. The van der Waals surface area contributed by atoms with Crippen molar-refractivity contribution >= 4 is 49.7 Å². The maximum absolute atomic E-state index is 12.8. The summed E-state index contributed by atoms with van der Waals surface area (Å²) < 4.78 is 1.01. The van der Waals surface area contributed by atoms with Crippen LogP contribution in [0.15, 0.2) is 64.1 Å². The van der Waals surface area contributed by atoms with E-state index < -0.39 is 0 Å². The summed E-state index contributed by atoms with van der Waals surface area (Å²) in [6.07, 6.45) is 0. The van der Waals surface area contributed by atoms with Crippen LogP contribution in [0.2, 0.25) is 0 Å². The van der Waals surface area contributed by atoms with E-state index in [0.29, 0.717) is 10.7 Å². The predicted octanol–water partition coefficient (Wildman–Crippen LogP) is 4.50. The van der Waals surface area contributed by atoms with E-state index in [0.717, 1.165) is 38.9 Å². The highest BCUT2D eigenvalue weighted by atomic mass is 79.9. The van der Waals surface area contributed by atoms with Crippen molar-refractivity contribution in [1.29, 1.82) is 0 Å². The lowest BCUT2D eigenvalue weighted by Crippen LogP contribution is -2.27. The first kappa shape index (κ1) is 16.3. The minimum atomic E-state index is -0.148. The standard InChI is InChI=1S/C19H14BrN3OS/c20-13-7-5-12(6-8-13)17-11-15(14-3-1-2-4-16(14)22-17)18(24)23-19-21-9-10-25-19/h1-8,11H,9-10H2,(H,21,23,24). The number of carbonyl (C=O) groups excluding carboxylic acids is 1. The van der Waals surface area contributed by atoms with Crippen LogP contribution in [0.5, 0.6) is 0 Å². The molecule has 6 heteroatoms. The van der Waals surface area contributed by atoms with Crippen LogP contribution in [-0.4, -0.2) is 28.4 Å². The van der Waals surface area contributed by atoms with E-state index in [-0.39, 0.29) is 5.91 Å². The number of hydrogen-bond donors (Lipinski definition) is 1. The zero-order chi connectivity index (χ0) is 17.2. The van der Waals surface area contributed by atoms with Crippen molar-refractivity contribution in [2.75, 3.05) is 12.3 Å². The van der Waals surface area contributed by atoms with Gasteiger partial charge in [0.15, 0.2) is 5.17 Å². The molecule has 3 aromatic rings. The van der Waals surface area contributed by atoms with E-state index in [1.807, 2.05) is 54.6 Å². The van der Waals surface area contributed by atoms with Crippen LogP contribution in [0, 0.1) is 0 Å². The van der Waals surface area contributed by atoms with E-state index in [4.69, 9.17) is 4.98 Å². The van der Waals surface area contributed by atoms with Crippen molar-refractivity contribution in [3.05, 3.63) is 64.6 Å². The molecule has 0 saturated carbocycles. The molecule has 0 aliphatic carbocycles. The zero-order valence-electron chi connectivity index (χ0n) is 13.2. The van der Waals surface area contributed by atoms with E-state index >= 15 is 0 Å². The lowest BCUT2D eigenvalue weighted by Gasteiger charge is -2.10. The number of nitrogens with one attached hydrogen (secondary N) is 1. The monoisotopic (exact) mass is 411 g/mol. The molecule has 0 unspecified atom stereocenters. The van der Waals surface area contributed by atoms with E-state index in [2.05, 4.69) is 26.2 Å². The first-order chi connectivity index (χ1) is 12.2. The van der Waals surface area contributed by atoms with Gasteiger partial charge >= 0.3 is 0 Å². The number of aliphatic imine (C=N–C) groups is 1. The zero-order valence-corrected chi connectivity index (χ0v) is 15.6. The number of rotatable bonds is 2. The summed E-state index contributed by atoms with van der Waals surface area (Å²) in [4.78, 5) is 21.8. The van der Waals surface area contributed by atoms with Crippen LogP contribution in [0.25, 0.3) is 22.2 Å². The van der Waals surface area contributed by atoms with E-state index in [1.54, 1.807) is 11.8 Å². The van der Waals surface area contributed by atoms with Gasteiger partial charge in [-0.05, 0) is 24.3 Å². The fourth-order valence-corrected chi connectivity index (χ4v) is 3.69. The minimum absolute atomic E-state index is 0.148. The topological polar surface area (TPSA) is 54.4 Å². The van der Waals surface area contributed by atoms with Gasteiger partial charge in [-0.15, -0.1) is 0 Å². The number of carbonyl (C=O) groups is 1. The number of benzene rings is 2. The molecule has 0 radical (unpaired) electrons. The SMILES string of the molecule is O=C(NC1=NCCS1)c1cc(-c2ccc(Br)cc2)nc2ccccc12. The highest BCUT2D eigenvalue weighted by Gasteiger charge is 2.17. The molecule has 0 bridgehead atoms. The second-order valence-electron chi connectivity index (χ2n) is 5.57. The first-order valence-corrected chi connectivity index (χ1v) is 9.63. The molecule has 124 valence electrons. The third-order valence-corrected chi connectivity index (χ3v) is 5.33. The van der Waals surface area contributed by atoms with Crippen LogP contribution in [0.4, 0.5) is 0 Å². The van der Waals surface area contributed by atoms with Gasteiger partial charge in [0.05, 0.1) is 23.3 Å². The van der Waals surface area contributed by atoms with Crippen LogP contribution in [0.3, 0.4) is 0 Å². The number of amides is 1. The number of pyridine rings is 1. The molecular formula is C19H14BrN3OS. The number of fused-ring (bicyclic) bond motifs is 1. The molecule has 0 saturated heterocycles. The summed E-state index contributed by atoms with van der Waals surface area (Å²) in [5.74, 6) is 0.765. The van der Waals surface area contributed by atoms with Gasteiger partial charge in [-0.2, -0.15) is 0 Å². The molecule has 2 aromatic carbocycles. The normalized spacial score (nSPS) is 13.7. The van der Waals surface area contributed by atoms with Crippen molar-refractivity contribution in [2.45, 2.75) is 0 Å². The molecule has 0 spiro atoms. The molecule has 25 heavy (non-hydrogen) atoms. The molecule has 4 rings (SSSR count). The number of amidine groups is 1. The summed E-state index contributed by atoms with van der Waals surface area (Å²) in [7, 11) is 0. The predicted molar refractivity (Wildman–Crippen MR) is 107 cm³/mol. The van der Waals surface area contributed by atoms with Gasteiger partial charge in [0, 0.05) is 21.2 Å². The Hall–Kier alpha value is -2.18. The Labute approximate surface area is 157 Å². The van der Waals surface area contributed by atoms with E-state index in [9.17, 15) is 4.79 Å². The maximum Gasteiger partial charge on any atom is 0.257 e. The number of halogens is 1. The number of thioether (sulfide) groups is 1. The fourth-order valence-electron chi connectivity index (χ4n) is 2.71. The Balaban J connectivity index is 1.81. The third-order valence-electron chi connectivity index (χ3n) is 3.91. The smallest absolute Gasteiger partial charge is 0.257 e. The minimum Gasteiger partial charge on any atom is -0.301 e. The van der Waals surface area contributed by atoms with Crippen LogP contribution in [0.1, 0.15) is 10.4 Å². The second-order valence-corrected chi connectivity index (χ2v) is 7.57. The summed E-state index contributed by atoms with van der Waals surface area (Å²) in [6, 6.07) is 17.5. The number of hydrogen-bond acceptors (Lipinski definition) is 4. The van der Waals surface area contributed by atoms with Gasteiger partial charge < -0.3 is 5.32 Å². The van der Waals surface area contributed by atoms with Gasteiger partial charge in [0.2, 0.25) is 0 Å². The molecule has 1 aliphatic heterocycles. The number of para-hydroxylation sites is 1. The fraction of sp³-hybridized carbons (Fsp3) is 0.105. The average molecular weight is 412 g/mol. The van der Waals surface area contributed by atoms with Gasteiger partial charge in [-0.1, -0.05) is 58.0 Å². The van der Waals surface area contributed by atoms with Crippen LogP contribution >= 0.6 is 27.7 Å². The van der Waals surface area contributed by atoms with Gasteiger partial charge in [0.25, 0.3) is 5.91 Å². The Bertz CT molecular complexity index is 986. The highest BCUT2D eigenvalue weighted by molar-refractivity contribution is 9.10.